The summed E-state index contributed by atoms with van der Waals surface area (Å²) in [5.41, 5.74) is 0.149. The van der Waals surface area contributed by atoms with Crippen molar-refractivity contribution in [3.05, 3.63) is 29.8 Å². The molecule has 8 heteroatoms. The highest BCUT2D eigenvalue weighted by Gasteiger charge is 2.30. The minimum Gasteiger partial charge on any atom is -0.384 e. The Bertz CT molecular complexity index is 730. The molecule has 2 heterocycles. The lowest BCUT2D eigenvalue weighted by molar-refractivity contribution is 0.0737. The van der Waals surface area contributed by atoms with Gasteiger partial charge in [-0.1, -0.05) is 11.6 Å². The molecule has 1 fully saturated rings. The fraction of sp³-hybridized carbons (Fsp3) is 0.647. The fourth-order valence-corrected chi connectivity index (χ4v) is 3.37. The molecule has 0 radical (unpaired) electrons. The molecule has 0 spiro atoms. The minimum atomic E-state index is -1.000. The molecule has 25 heavy (non-hydrogen) atoms. The van der Waals surface area contributed by atoms with Crippen LogP contribution in [0.3, 0.4) is 0 Å². The van der Waals surface area contributed by atoms with Crippen molar-refractivity contribution in [2.24, 2.45) is 5.92 Å². The number of hydrogen-bond donors (Lipinski definition) is 2. The van der Waals surface area contributed by atoms with Crippen molar-refractivity contribution >= 4 is 5.91 Å². The van der Waals surface area contributed by atoms with Crippen molar-refractivity contribution in [1.82, 2.24) is 30.1 Å². The molecule has 3 rings (SSSR count). The molecular formula is C17H26N6O2. The predicted molar refractivity (Wildman–Crippen MR) is 91.8 cm³/mol. The molecule has 1 amide bonds. The van der Waals surface area contributed by atoms with Gasteiger partial charge in [-0.3, -0.25) is 14.2 Å². The Morgan fingerprint density at radius 3 is 2.92 bits per heavy atom. The summed E-state index contributed by atoms with van der Waals surface area (Å²) in [4.78, 5) is 12.5. The summed E-state index contributed by atoms with van der Waals surface area (Å²) < 4.78 is 3.46. The average Bonchev–Trinajstić information content (AvgIpc) is 3.27. The molecule has 2 N–H and O–H groups in total. The van der Waals surface area contributed by atoms with Crippen molar-refractivity contribution in [3.63, 3.8) is 0 Å². The number of amides is 1. The van der Waals surface area contributed by atoms with Gasteiger partial charge >= 0.3 is 0 Å². The largest absolute Gasteiger partial charge is 0.384 e. The molecule has 136 valence electrons. The zero-order chi connectivity index (χ0) is 18.0. The van der Waals surface area contributed by atoms with Gasteiger partial charge in [0, 0.05) is 25.3 Å². The lowest BCUT2D eigenvalue weighted by atomic mass is 10.0. The third kappa shape index (κ3) is 3.89. The number of aromatic nitrogens is 5. The van der Waals surface area contributed by atoms with Gasteiger partial charge in [0.2, 0.25) is 0 Å². The topological polar surface area (TPSA) is 97.9 Å². The summed E-state index contributed by atoms with van der Waals surface area (Å²) in [6.07, 6.45) is 6.51. The van der Waals surface area contributed by atoms with E-state index in [0.29, 0.717) is 30.4 Å². The van der Waals surface area contributed by atoms with E-state index in [0.717, 1.165) is 19.3 Å². The first-order chi connectivity index (χ1) is 11.9. The Morgan fingerprint density at radius 2 is 2.24 bits per heavy atom. The number of nitrogens with zero attached hydrogens (tertiary/aromatic N) is 5. The van der Waals surface area contributed by atoms with Crippen molar-refractivity contribution in [1.29, 1.82) is 0 Å². The van der Waals surface area contributed by atoms with E-state index in [-0.39, 0.29) is 11.9 Å². The van der Waals surface area contributed by atoms with Gasteiger partial charge in [0.25, 0.3) is 5.91 Å². The van der Waals surface area contributed by atoms with Crippen LogP contribution in [-0.2, 0) is 18.7 Å². The maximum Gasteiger partial charge on any atom is 0.269 e. The molecule has 2 aromatic heterocycles. The maximum absolute atomic E-state index is 12.5. The second-order valence-corrected chi connectivity index (χ2v) is 7.19. The molecule has 0 aliphatic heterocycles. The monoisotopic (exact) mass is 346 g/mol. The van der Waals surface area contributed by atoms with Crippen molar-refractivity contribution in [3.8, 4) is 0 Å². The second-order valence-electron chi connectivity index (χ2n) is 7.19. The van der Waals surface area contributed by atoms with Crippen LogP contribution in [0.5, 0.6) is 0 Å². The highest BCUT2D eigenvalue weighted by atomic mass is 16.3. The summed E-state index contributed by atoms with van der Waals surface area (Å²) >= 11 is 0. The first-order valence-electron chi connectivity index (χ1n) is 8.84. The van der Waals surface area contributed by atoms with Crippen molar-refractivity contribution in [2.75, 3.05) is 0 Å². The number of aliphatic hydroxyl groups is 1. The molecule has 1 saturated carbocycles. The second kappa shape index (κ2) is 6.95. The normalized spacial score (nSPS) is 20.8. The van der Waals surface area contributed by atoms with Crippen LogP contribution in [-0.4, -0.2) is 41.8 Å². The summed E-state index contributed by atoms with van der Waals surface area (Å²) in [6.45, 7) is 6.70. The number of rotatable bonds is 6. The SMILES string of the molecule is CCn1nccc1C(=O)N[C@@H]1CCC[C@@H]1Cn1cc(C(C)(C)O)nn1. The molecule has 8 nitrogen and oxygen atoms in total. The predicted octanol–water partition coefficient (Wildman–Crippen LogP) is 1.32. The molecule has 0 bridgehead atoms. The van der Waals surface area contributed by atoms with Gasteiger partial charge in [0.15, 0.2) is 0 Å². The molecule has 1 aliphatic rings. The summed E-state index contributed by atoms with van der Waals surface area (Å²) in [7, 11) is 0. The van der Waals surface area contributed by atoms with Crippen LogP contribution in [0.25, 0.3) is 0 Å². The minimum absolute atomic E-state index is 0.0768. The third-order valence-corrected chi connectivity index (χ3v) is 4.81. The highest BCUT2D eigenvalue weighted by molar-refractivity contribution is 5.92. The van der Waals surface area contributed by atoms with Gasteiger partial charge in [-0.15, -0.1) is 5.10 Å². The lowest BCUT2D eigenvalue weighted by Crippen LogP contribution is -2.39. The Hall–Kier alpha value is -2.22. The molecular weight excluding hydrogens is 320 g/mol. The van der Waals surface area contributed by atoms with Crippen LogP contribution in [0, 0.1) is 5.92 Å². The summed E-state index contributed by atoms with van der Waals surface area (Å²) in [6, 6.07) is 1.86. The van der Waals surface area contributed by atoms with E-state index < -0.39 is 5.60 Å². The molecule has 0 aromatic carbocycles. The molecule has 0 unspecified atom stereocenters. The first-order valence-corrected chi connectivity index (χ1v) is 8.84. The molecule has 1 aliphatic carbocycles. The number of carbonyl (C=O) groups excluding carboxylic acids is 1. The third-order valence-electron chi connectivity index (χ3n) is 4.81. The van der Waals surface area contributed by atoms with E-state index in [4.69, 9.17) is 0 Å². The maximum atomic E-state index is 12.5. The van der Waals surface area contributed by atoms with Crippen LogP contribution >= 0.6 is 0 Å². The van der Waals surface area contributed by atoms with Gasteiger partial charge in [0.1, 0.15) is 17.0 Å². The first kappa shape index (κ1) is 17.6. The smallest absolute Gasteiger partial charge is 0.269 e. The Balaban J connectivity index is 1.65. The fourth-order valence-electron chi connectivity index (χ4n) is 3.37. The van der Waals surface area contributed by atoms with E-state index in [1.54, 1.807) is 41.7 Å². The van der Waals surface area contributed by atoms with E-state index in [9.17, 15) is 9.90 Å². The zero-order valence-corrected chi connectivity index (χ0v) is 15.0. The highest BCUT2D eigenvalue weighted by Crippen LogP contribution is 2.28. The van der Waals surface area contributed by atoms with E-state index in [1.807, 2.05) is 6.92 Å². The standard InChI is InChI=1S/C17H26N6O2/c1-4-23-14(8-9-18-23)16(24)19-13-7-5-6-12(13)10-22-11-15(20-21-22)17(2,3)25/h8-9,11-13,25H,4-7,10H2,1-3H3,(H,19,24)/t12-,13-/m1/s1. The lowest BCUT2D eigenvalue weighted by Gasteiger charge is -2.21. The van der Waals surface area contributed by atoms with Crippen LogP contribution < -0.4 is 5.32 Å². The van der Waals surface area contributed by atoms with Crippen molar-refractivity contribution < 1.29 is 9.90 Å². The summed E-state index contributed by atoms with van der Waals surface area (Å²) in [5.74, 6) is 0.227. The summed E-state index contributed by atoms with van der Waals surface area (Å²) in [5, 5.41) is 25.5. The van der Waals surface area contributed by atoms with E-state index in [2.05, 4.69) is 20.7 Å². The van der Waals surface area contributed by atoms with Gasteiger partial charge in [0.05, 0.1) is 6.20 Å². The van der Waals surface area contributed by atoms with Gasteiger partial charge in [-0.2, -0.15) is 5.10 Å². The molecule has 0 saturated heterocycles. The Morgan fingerprint density at radius 1 is 1.44 bits per heavy atom. The van der Waals surface area contributed by atoms with Crippen LogP contribution in [0.4, 0.5) is 0 Å². The average molecular weight is 346 g/mol. The number of hydrogen-bond acceptors (Lipinski definition) is 5. The van der Waals surface area contributed by atoms with Crippen LogP contribution in [0.15, 0.2) is 18.5 Å². The zero-order valence-electron chi connectivity index (χ0n) is 15.0. The molecule has 2 aromatic rings. The van der Waals surface area contributed by atoms with Crippen molar-refractivity contribution in [2.45, 2.75) is 64.8 Å². The Labute approximate surface area is 147 Å². The van der Waals surface area contributed by atoms with Gasteiger partial charge in [-0.05, 0) is 45.6 Å². The van der Waals surface area contributed by atoms with Gasteiger partial charge < -0.3 is 10.4 Å². The number of aryl methyl sites for hydroxylation is 1. The number of carbonyl (C=O) groups is 1. The molecule has 2 atom stereocenters. The quantitative estimate of drug-likeness (QED) is 0.822. The van der Waals surface area contributed by atoms with Crippen LogP contribution in [0.1, 0.15) is 56.2 Å². The van der Waals surface area contributed by atoms with Crippen LogP contribution in [0.2, 0.25) is 0 Å². The Kier molecular flexibility index (Phi) is 4.89. The van der Waals surface area contributed by atoms with Gasteiger partial charge in [-0.25, -0.2) is 0 Å². The van der Waals surface area contributed by atoms with E-state index in [1.165, 1.54) is 0 Å². The number of nitrogens with one attached hydrogen (secondary N) is 1. The van der Waals surface area contributed by atoms with E-state index >= 15 is 0 Å².